The van der Waals surface area contributed by atoms with E-state index in [4.69, 9.17) is 14.2 Å². The summed E-state index contributed by atoms with van der Waals surface area (Å²) in [5.41, 5.74) is -0.101. The van der Waals surface area contributed by atoms with E-state index in [1.807, 2.05) is 0 Å². The van der Waals surface area contributed by atoms with Crippen molar-refractivity contribution in [1.29, 1.82) is 0 Å². The summed E-state index contributed by atoms with van der Waals surface area (Å²) in [6.07, 6.45) is -5.11. The highest BCUT2D eigenvalue weighted by molar-refractivity contribution is 5.91. The summed E-state index contributed by atoms with van der Waals surface area (Å²) < 4.78 is 77.9. The molecule has 45 heavy (non-hydrogen) atoms. The standard InChI is InChI=1S/C29H23F5N2O9/c30-28(31,29(32,33)34)15-1-16-43-23-11-6-21(7-12-23)27(38)45-24-9-2-19(3-10-24)4-13-26(37)44-17-14-20-5-8-22(35(39)40)18-25(20)36(41)42/h2-13,18H,1,14-17H2/b13-4+. The largest absolute Gasteiger partial charge is 0.494 e. The molecule has 0 saturated carbocycles. The molecular formula is C29H23F5N2O9. The molecule has 3 aromatic rings. The van der Waals surface area contributed by atoms with Crippen LogP contribution < -0.4 is 9.47 Å². The van der Waals surface area contributed by atoms with E-state index in [-0.39, 0.29) is 42.3 Å². The molecule has 16 heteroatoms. The van der Waals surface area contributed by atoms with Gasteiger partial charge >= 0.3 is 24.0 Å². The van der Waals surface area contributed by atoms with Crippen molar-refractivity contribution in [2.45, 2.75) is 31.4 Å². The van der Waals surface area contributed by atoms with E-state index in [1.54, 1.807) is 0 Å². The first-order chi connectivity index (χ1) is 21.2. The molecule has 0 atom stereocenters. The number of carbonyl (C=O) groups is 2. The Bertz CT molecular complexity index is 1560. The molecule has 0 heterocycles. The van der Waals surface area contributed by atoms with Crippen LogP contribution in [0.3, 0.4) is 0 Å². The number of ether oxygens (including phenoxy) is 3. The first-order valence-electron chi connectivity index (χ1n) is 12.9. The summed E-state index contributed by atoms with van der Waals surface area (Å²) in [7, 11) is 0. The molecule has 3 aromatic carbocycles. The van der Waals surface area contributed by atoms with Gasteiger partial charge in [0, 0.05) is 30.5 Å². The van der Waals surface area contributed by atoms with Crippen molar-refractivity contribution >= 4 is 29.4 Å². The predicted molar refractivity (Wildman–Crippen MR) is 147 cm³/mol. The number of carbonyl (C=O) groups excluding carboxylic acids is 2. The minimum absolute atomic E-state index is 0.0451. The summed E-state index contributed by atoms with van der Waals surface area (Å²) in [6, 6.07) is 14.4. The number of rotatable bonds is 14. The summed E-state index contributed by atoms with van der Waals surface area (Å²) in [5.74, 6) is -5.98. The van der Waals surface area contributed by atoms with Crippen molar-refractivity contribution in [3.8, 4) is 11.5 Å². The number of benzene rings is 3. The van der Waals surface area contributed by atoms with Crippen LogP contribution >= 0.6 is 0 Å². The lowest BCUT2D eigenvalue weighted by molar-refractivity contribution is -0.394. The van der Waals surface area contributed by atoms with E-state index in [9.17, 15) is 51.8 Å². The third kappa shape index (κ3) is 10.1. The number of nitro benzene ring substituents is 2. The summed E-state index contributed by atoms with van der Waals surface area (Å²) in [5, 5.41) is 22.0. The van der Waals surface area contributed by atoms with Gasteiger partial charge in [0.15, 0.2) is 0 Å². The zero-order valence-corrected chi connectivity index (χ0v) is 23.0. The van der Waals surface area contributed by atoms with Crippen molar-refractivity contribution in [1.82, 2.24) is 0 Å². The number of hydrogen-bond acceptors (Lipinski definition) is 9. The van der Waals surface area contributed by atoms with Crippen LogP contribution in [-0.4, -0.2) is 47.1 Å². The zero-order valence-electron chi connectivity index (χ0n) is 23.0. The van der Waals surface area contributed by atoms with Gasteiger partial charge in [-0.1, -0.05) is 12.1 Å². The van der Waals surface area contributed by atoms with Gasteiger partial charge in [-0.15, -0.1) is 0 Å². The molecule has 238 valence electrons. The van der Waals surface area contributed by atoms with Crippen LogP contribution in [0.2, 0.25) is 0 Å². The molecule has 0 bridgehead atoms. The molecule has 0 amide bonds. The van der Waals surface area contributed by atoms with Gasteiger partial charge in [0.05, 0.1) is 34.7 Å². The molecule has 0 unspecified atom stereocenters. The number of halogens is 5. The van der Waals surface area contributed by atoms with E-state index in [0.29, 0.717) is 5.56 Å². The smallest absolute Gasteiger partial charge is 0.453 e. The first-order valence-corrected chi connectivity index (χ1v) is 12.9. The Balaban J connectivity index is 1.44. The molecule has 0 aliphatic rings. The van der Waals surface area contributed by atoms with Crippen LogP contribution in [0.25, 0.3) is 6.08 Å². The minimum Gasteiger partial charge on any atom is -0.494 e. The molecule has 3 rings (SSSR count). The maximum atomic E-state index is 12.9. The number of alkyl halides is 5. The van der Waals surface area contributed by atoms with Crippen LogP contribution in [0, 0.1) is 20.2 Å². The van der Waals surface area contributed by atoms with Crippen molar-refractivity contribution in [3.63, 3.8) is 0 Å². The van der Waals surface area contributed by atoms with Gasteiger partial charge < -0.3 is 14.2 Å². The summed E-state index contributed by atoms with van der Waals surface area (Å²) >= 11 is 0. The number of nitro groups is 2. The second-order valence-corrected chi connectivity index (χ2v) is 9.22. The molecular weight excluding hydrogens is 615 g/mol. The van der Waals surface area contributed by atoms with E-state index >= 15 is 0 Å². The summed E-state index contributed by atoms with van der Waals surface area (Å²) in [4.78, 5) is 44.9. The molecule has 0 spiro atoms. The summed E-state index contributed by atoms with van der Waals surface area (Å²) in [6.45, 7) is -0.606. The monoisotopic (exact) mass is 638 g/mol. The highest BCUT2D eigenvalue weighted by Gasteiger charge is 2.56. The Kier molecular flexibility index (Phi) is 11.3. The van der Waals surface area contributed by atoms with Gasteiger partial charge in [-0.25, -0.2) is 9.59 Å². The average molecular weight is 638 g/mol. The third-order valence-electron chi connectivity index (χ3n) is 6.00. The Hall–Kier alpha value is -5.41. The Morgan fingerprint density at radius 3 is 2.07 bits per heavy atom. The first kappa shape index (κ1) is 34.1. The fourth-order valence-corrected chi connectivity index (χ4v) is 3.65. The maximum absolute atomic E-state index is 12.9. The molecule has 11 nitrogen and oxygen atoms in total. The van der Waals surface area contributed by atoms with Crippen LogP contribution in [0.5, 0.6) is 11.5 Å². The Morgan fingerprint density at radius 1 is 0.822 bits per heavy atom. The van der Waals surface area contributed by atoms with Gasteiger partial charge in [-0.05, 0) is 60.5 Å². The fourth-order valence-electron chi connectivity index (χ4n) is 3.65. The highest BCUT2D eigenvalue weighted by atomic mass is 19.4. The third-order valence-corrected chi connectivity index (χ3v) is 6.00. The van der Waals surface area contributed by atoms with E-state index in [2.05, 4.69) is 0 Å². The maximum Gasteiger partial charge on any atom is 0.453 e. The van der Waals surface area contributed by atoms with Crippen LogP contribution in [-0.2, 0) is 16.0 Å². The predicted octanol–water partition coefficient (Wildman–Crippen LogP) is 6.88. The van der Waals surface area contributed by atoms with Crippen LogP contribution in [0.4, 0.5) is 33.3 Å². The van der Waals surface area contributed by atoms with Crippen molar-refractivity contribution in [2.75, 3.05) is 13.2 Å². The van der Waals surface area contributed by atoms with Gasteiger partial charge in [0.25, 0.3) is 11.4 Å². The van der Waals surface area contributed by atoms with Gasteiger partial charge in [-0.3, -0.25) is 20.2 Å². The Morgan fingerprint density at radius 2 is 1.47 bits per heavy atom. The molecule has 0 radical (unpaired) electrons. The highest BCUT2D eigenvalue weighted by Crippen LogP contribution is 2.38. The molecule has 0 aliphatic carbocycles. The zero-order chi connectivity index (χ0) is 33.2. The topological polar surface area (TPSA) is 148 Å². The lowest BCUT2D eigenvalue weighted by Gasteiger charge is -2.19. The molecule has 0 aliphatic heterocycles. The van der Waals surface area contributed by atoms with Crippen molar-refractivity contribution in [3.05, 3.63) is 110 Å². The van der Waals surface area contributed by atoms with E-state index < -0.39 is 58.1 Å². The normalized spacial score (nSPS) is 11.7. The van der Waals surface area contributed by atoms with Crippen molar-refractivity contribution in [2.24, 2.45) is 0 Å². The van der Waals surface area contributed by atoms with E-state index in [0.717, 1.165) is 18.2 Å². The SMILES string of the molecule is O=C(/C=C/c1ccc(OC(=O)c2ccc(OCCCC(F)(F)C(F)(F)F)cc2)cc1)OCCc1ccc([N+](=O)[O-])cc1[N+](=O)[O-]. The Labute approximate surface area is 251 Å². The van der Waals surface area contributed by atoms with Crippen molar-refractivity contribution < 1.29 is 55.6 Å². The minimum atomic E-state index is -5.63. The number of nitrogens with zero attached hydrogens (tertiary/aromatic N) is 2. The lowest BCUT2D eigenvalue weighted by Crippen LogP contribution is -2.36. The number of non-ortho nitro benzene ring substituents is 1. The molecule has 0 saturated heterocycles. The second kappa shape index (κ2) is 14.9. The lowest BCUT2D eigenvalue weighted by atomic mass is 10.1. The van der Waals surface area contributed by atoms with E-state index in [1.165, 1.54) is 60.7 Å². The van der Waals surface area contributed by atoms with Crippen LogP contribution in [0.1, 0.15) is 34.3 Å². The fraction of sp³-hybridized carbons (Fsp3) is 0.241. The van der Waals surface area contributed by atoms with Crippen LogP contribution in [0.15, 0.2) is 72.8 Å². The molecule has 0 aromatic heterocycles. The van der Waals surface area contributed by atoms with Gasteiger partial charge in [-0.2, -0.15) is 22.0 Å². The van der Waals surface area contributed by atoms with Gasteiger partial charge in [0.2, 0.25) is 0 Å². The molecule has 0 N–H and O–H groups in total. The number of esters is 2. The van der Waals surface area contributed by atoms with Gasteiger partial charge in [0.1, 0.15) is 11.5 Å². The number of hydrogen-bond donors (Lipinski definition) is 0. The quantitative estimate of drug-likeness (QED) is 0.0350. The average Bonchev–Trinajstić information content (AvgIpc) is 2.98. The second-order valence-electron chi connectivity index (χ2n) is 9.22. The molecule has 0 fully saturated rings.